The molecule has 3 aromatic rings. The van der Waals surface area contributed by atoms with Gasteiger partial charge in [-0.25, -0.2) is 9.37 Å². The summed E-state index contributed by atoms with van der Waals surface area (Å²) in [6.45, 7) is 3.90. The van der Waals surface area contributed by atoms with Crippen molar-refractivity contribution in [3.05, 3.63) is 63.2 Å². The first-order valence-electron chi connectivity index (χ1n) is 12.3. The maximum atomic E-state index is 13.5. The van der Waals surface area contributed by atoms with Crippen LogP contribution < -0.4 is 16.2 Å². The fourth-order valence-corrected chi connectivity index (χ4v) is 5.64. The molecule has 0 radical (unpaired) electrons. The molecule has 0 aromatic carbocycles. The Balaban J connectivity index is 1.33. The maximum Gasteiger partial charge on any atom is 0.270 e. The monoisotopic (exact) mass is 512 g/mol. The summed E-state index contributed by atoms with van der Waals surface area (Å²) in [7, 11) is 0. The van der Waals surface area contributed by atoms with Crippen molar-refractivity contribution in [2.45, 2.75) is 58.0 Å². The van der Waals surface area contributed by atoms with Gasteiger partial charge in [-0.15, -0.1) is 11.3 Å². The Labute approximate surface area is 211 Å². The molecule has 2 amide bonds. The van der Waals surface area contributed by atoms with Gasteiger partial charge in [-0.3, -0.25) is 19.1 Å². The van der Waals surface area contributed by atoms with E-state index in [9.17, 15) is 18.8 Å². The number of nitrogens with zero attached hydrogens (tertiary/aromatic N) is 3. The lowest BCUT2D eigenvalue weighted by Gasteiger charge is -2.27. The first-order chi connectivity index (χ1) is 17.3. The molecule has 0 saturated heterocycles. The summed E-state index contributed by atoms with van der Waals surface area (Å²) in [5.74, 6) is -0.175. The zero-order chi connectivity index (χ0) is 25.4. The van der Waals surface area contributed by atoms with Gasteiger partial charge in [0.25, 0.3) is 11.5 Å². The summed E-state index contributed by atoms with van der Waals surface area (Å²) < 4.78 is 15.2. The van der Waals surface area contributed by atoms with Gasteiger partial charge in [0.05, 0.1) is 11.2 Å². The molecule has 2 fully saturated rings. The first kappa shape index (κ1) is 24.4. The average molecular weight is 513 g/mol. The van der Waals surface area contributed by atoms with Crippen molar-refractivity contribution in [3.63, 3.8) is 0 Å². The topological polar surface area (TPSA) is 122 Å². The highest BCUT2D eigenvalue weighted by Crippen LogP contribution is 2.51. The number of nitrogens with one attached hydrogen (secondary N) is 3. The Morgan fingerprint density at radius 3 is 2.64 bits per heavy atom. The van der Waals surface area contributed by atoms with E-state index in [0.29, 0.717) is 27.5 Å². The lowest BCUT2D eigenvalue weighted by Crippen LogP contribution is -2.50. The van der Waals surface area contributed by atoms with Gasteiger partial charge in [0, 0.05) is 30.4 Å². The van der Waals surface area contributed by atoms with E-state index in [2.05, 4.69) is 25.7 Å². The zero-order valence-corrected chi connectivity index (χ0v) is 21.0. The number of carbonyl (C=O) groups excluding carboxylic acids is 2. The maximum absolute atomic E-state index is 13.5. The second-order valence-electron chi connectivity index (χ2n) is 9.91. The number of carbonyl (C=O) groups is 2. The van der Waals surface area contributed by atoms with Crippen molar-refractivity contribution in [1.29, 1.82) is 0 Å². The van der Waals surface area contributed by atoms with Gasteiger partial charge < -0.3 is 15.6 Å². The second kappa shape index (κ2) is 9.96. The highest BCUT2D eigenvalue weighted by atomic mass is 32.1. The van der Waals surface area contributed by atoms with Crippen molar-refractivity contribution < 1.29 is 14.0 Å². The standard InChI is InChI=1S/C25H29FN6O3S/c1-13(2)32-18(7-8-29-32)24(34)31-22(21(14-3-4-14)15-5-6-15)25(35)30-20-12-27-19(36-20)10-16-9-17(26)11-28-23(16)33/h7-9,11-15,21-22H,3-6,10H2,1-2H3,(H,28,33)(H,30,35)(H,31,34). The van der Waals surface area contributed by atoms with Gasteiger partial charge in [0.2, 0.25) is 5.91 Å². The van der Waals surface area contributed by atoms with Crippen LogP contribution in [0.15, 0.2) is 35.5 Å². The van der Waals surface area contributed by atoms with Gasteiger partial charge in [-0.05, 0) is 69.4 Å². The molecule has 11 heteroatoms. The Bertz CT molecular complexity index is 1310. The van der Waals surface area contributed by atoms with E-state index < -0.39 is 11.9 Å². The SMILES string of the molecule is CC(C)n1nccc1C(=O)NC(C(=O)Nc1cnc(Cc2cc(F)c[nH]c2=O)s1)C(C1CC1)C1CC1. The minimum atomic E-state index is -0.676. The number of anilines is 1. The molecule has 0 spiro atoms. The largest absolute Gasteiger partial charge is 0.339 e. The van der Waals surface area contributed by atoms with Crippen molar-refractivity contribution >= 4 is 28.2 Å². The third-order valence-corrected chi connectivity index (χ3v) is 7.68. The fraction of sp³-hybridized carbons (Fsp3) is 0.480. The summed E-state index contributed by atoms with van der Waals surface area (Å²) in [4.78, 5) is 45.4. The number of hydrogen-bond donors (Lipinski definition) is 3. The van der Waals surface area contributed by atoms with Gasteiger partial charge in [-0.1, -0.05) is 0 Å². The van der Waals surface area contributed by atoms with Crippen molar-refractivity contribution in [3.8, 4) is 0 Å². The third-order valence-electron chi connectivity index (χ3n) is 6.77. The van der Waals surface area contributed by atoms with E-state index in [1.165, 1.54) is 23.6 Å². The molecule has 36 heavy (non-hydrogen) atoms. The Morgan fingerprint density at radius 2 is 1.97 bits per heavy atom. The molecule has 3 N–H and O–H groups in total. The van der Waals surface area contributed by atoms with Gasteiger partial charge >= 0.3 is 0 Å². The molecule has 9 nitrogen and oxygen atoms in total. The van der Waals surface area contributed by atoms with Crippen LogP contribution >= 0.6 is 11.3 Å². The molecule has 2 aliphatic carbocycles. The molecule has 1 atom stereocenters. The number of halogens is 1. The molecule has 0 bridgehead atoms. The Morgan fingerprint density at radius 1 is 1.25 bits per heavy atom. The average Bonchev–Trinajstić information content (AvgIpc) is 3.76. The van der Waals surface area contributed by atoms with E-state index in [1.807, 2.05) is 13.8 Å². The van der Waals surface area contributed by atoms with Crippen molar-refractivity contribution in [2.24, 2.45) is 17.8 Å². The molecule has 190 valence electrons. The van der Waals surface area contributed by atoms with Gasteiger partial charge in [-0.2, -0.15) is 5.10 Å². The van der Waals surface area contributed by atoms with Crippen LogP contribution in [0.2, 0.25) is 0 Å². The van der Waals surface area contributed by atoms with E-state index in [4.69, 9.17) is 0 Å². The molecule has 2 aliphatic rings. The molecule has 5 rings (SSSR count). The van der Waals surface area contributed by atoms with Crippen LogP contribution in [0.5, 0.6) is 0 Å². The minimum Gasteiger partial charge on any atom is -0.339 e. The van der Waals surface area contributed by atoms with E-state index in [0.717, 1.165) is 31.9 Å². The number of hydrogen-bond acceptors (Lipinski definition) is 6. The zero-order valence-electron chi connectivity index (χ0n) is 20.2. The lowest BCUT2D eigenvalue weighted by molar-refractivity contribution is -0.119. The smallest absolute Gasteiger partial charge is 0.270 e. The molecule has 3 aromatic heterocycles. The van der Waals surface area contributed by atoms with Crippen LogP contribution in [-0.2, 0) is 11.2 Å². The van der Waals surface area contributed by atoms with Crippen LogP contribution in [0, 0.1) is 23.6 Å². The van der Waals surface area contributed by atoms with Gasteiger partial charge in [0.1, 0.15) is 22.6 Å². The molecule has 1 unspecified atom stereocenters. The number of aromatic nitrogens is 4. The second-order valence-corrected chi connectivity index (χ2v) is 11.0. The highest BCUT2D eigenvalue weighted by Gasteiger charge is 2.48. The van der Waals surface area contributed by atoms with Crippen LogP contribution in [0.4, 0.5) is 9.39 Å². The van der Waals surface area contributed by atoms with Gasteiger partial charge in [0.15, 0.2) is 0 Å². The normalized spacial score (nSPS) is 16.4. The minimum absolute atomic E-state index is 0.0108. The van der Waals surface area contributed by atoms with E-state index >= 15 is 0 Å². The Hall–Kier alpha value is -3.34. The van der Waals surface area contributed by atoms with Crippen LogP contribution in [0.3, 0.4) is 0 Å². The first-order valence-corrected chi connectivity index (χ1v) is 13.1. The Kier molecular flexibility index (Phi) is 6.74. The third kappa shape index (κ3) is 5.40. The summed E-state index contributed by atoms with van der Waals surface area (Å²) in [5.41, 5.74) is 0.308. The summed E-state index contributed by atoms with van der Waals surface area (Å²) in [6.07, 6.45) is 8.55. The van der Waals surface area contributed by atoms with E-state index in [1.54, 1.807) is 16.9 Å². The number of amides is 2. The number of aromatic amines is 1. The molecular formula is C25H29FN6O3S. The molecule has 0 aliphatic heterocycles. The quantitative estimate of drug-likeness (QED) is 0.384. The van der Waals surface area contributed by atoms with Crippen molar-refractivity contribution in [1.82, 2.24) is 25.1 Å². The van der Waals surface area contributed by atoms with Crippen LogP contribution in [0.1, 0.15) is 66.6 Å². The molecule has 2 saturated carbocycles. The lowest BCUT2D eigenvalue weighted by atomic mass is 9.88. The summed E-state index contributed by atoms with van der Waals surface area (Å²) in [5, 5.41) is 11.3. The van der Waals surface area contributed by atoms with Crippen molar-refractivity contribution in [2.75, 3.05) is 5.32 Å². The highest BCUT2D eigenvalue weighted by molar-refractivity contribution is 7.15. The number of thiazole rings is 1. The number of pyridine rings is 1. The summed E-state index contributed by atoms with van der Waals surface area (Å²) >= 11 is 1.23. The predicted octanol–water partition coefficient (Wildman–Crippen LogP) is 3.51. The van der Waals surface area contributed by atoms with Crippen LogP contribution in [0.25, 0.3) is 0 Å². The molecule has 3 heterocycles. The molecular weight excluding hydrogens is 483 g/mol. The number of rotatable bonds is 10. The predicted molar refractivity (Wildman–Crippen MR) is 133 cm³/mol. The van der Waals surface area contributed by atoms with E-state index in [-0.39, 0.29) is 41.3 Å². The summed E-state index contributed by atoms with van der Waals surface area (Å²) in [6, 6.07) is 2.18. The number of H-pyrrole nitrogens is 1. The van der Waals surface area contributed by atoms with Crippen LogP contribution in [-0.4, -0.2) is 37.6 Å². The fourth-order valence-electron chi connectivity index (χ4n) is 4.79.